The van der Waals surface area contributed by atoms with Crippen molar-refractivity contribution in [3.05, 3.63) is 65.5 Å². The predicted molar refractivity (Wildman–Crippen MR) is 116 cm³/mol. The minimum absolute atomic E-state index is 0.00551. The molecule has 0 unspecified atom stereocenters. The third-order valence-electron chi connectivity index (χ3n) is 4.10. The van der Waals surface area contributed by atoms with Gasteiger partial charge in [-0.25, -0.2) is 0 Å². The molecule has 0 aliphatic carbocycles. The highest BCUT2D eigenvalue weighted by atomic mass is 32.2. The van der Waals surface area contributed by atoms with Crippen molar-refractivity contribution in [1.29, 1.82) is 0 Å². The lowest BCUT2D eigenvalue weighted by molar-refractivity contribution is -0.118. The Hall–Kier alpha value is -2.25. The minimum atomic E-state index is 0.00551. The van der Waals surface area contributed by atoms with Crippen LogP contribution in [0.3, 0.4) is 0 Å². The number of hydrogen-bond donors (Lipinski definition) is 1. The van der Waals surface area contributed by atoms with Crippen molar-refractivity contribution in [2.24, 2.45) is 0 Å². The molecule has 7 heteroatoms. The first kappa shape index (κ1) is 20.5. The SMILES string of the molecule is Cc1ccc(SCCNC(=O)CSc2nnc(C)n2-c2cccc(C)c2)cc1. The van der Waals surface area contributed by atoms with Gasteiger partial charge in [0.05, 0.1) is 5.75 Å². The lowest BCUT2D eigenvalue weighted by atomic mass is 10.2. The van der Waals surface area contributed by atoms with Crippen molar-refractivity contribution in [2.45, 2.75) is 30.8 Å². The fourth-order valence-electron chi connectivity index (χ4n) is 2.68. The molecule has 146 valence electrons. The van der Waals surface area contributed by atoms with E-state index in [1.165, 1.54) is 27.8 Å². The molecule has 0 aliphatic rings. The summed E-state index contributed by atoms with van der Waals surface area (Å²) in [5.74, 6) is 1.98. The normalized spacial score (nSPS) is 10.8. The molecule has 0 aliphatic heterocycles. The largest absolute Gasteiger partial charge is 0.355 e. The average molecular weight is 413 g/mol. The van der Waals surface area contributed by atoms with E-state index in [9.17, 15) is 4.79 Å². The van der Waals surface area contributed by atoms with Crippen LogP contribution >= 0.6 is 23.5 Å². The number of aromatic nitrogens is 3. The fourth-order valence-corrected chi connectivity index (χ4v) is 4.27. The first-order chi connectivity index (χ1) is 13.5. The quantitative estimate of drug-likeness (QED) is 0.444. The van der Waals surface area contributed by atoms with E-state index >= 15 is 0 Å². The summed E-state index contributed by atoms with van der Waals surface area (Å²) in [4.78, 5) is 13.4. The third-order valence-corrected chi connectivity index (χ3v) is 6.04. The minimum Gasteiger partial charge on any atom is -0.355 e. The summed E-state index contributed by atoms with van der Waals surface area (Å²) in [6.45, 7) is 6.69. The van der Waals surface area contributed by atoms with Crippen LogP contribution in [0.2, 0.25) is 0 Å². The molecule has 3 rings (SSSR count). The van der Waals surface area contributed by atoms with Crippen LogP contribution in [0.15, 0.2) is 58.6 Å². The van der Waals surface area contributed by atoms with Crippen LogP contribution in [-0.4, -0.2) is 38.7 Å². The molecule has 0 bridgehead atoms. The zero-order valence-electron chi connectivity index (χ0n) is 16.3. The van der Waals surface area contributed by atoms with Crippen LogP contribution in [0.4, 0.5) is 0 Å². The monoisotopic (exact) mass is 412 g/mol. The molecular formula is C21H24N4OS2. The number of benzene rings is 2. The predicted octanol–water partition coefficient (Wildman–Crippen LogP) is 4.19. The fraction of sp³-hybridized carbons (Fsp3) is 0.286. The standard InChI is InChI=1S/C21H24N4OS2/c1-15-7-9-19(10-8-15)27-12-11-22-20(26)14-28-21-24-23-17(3)25(21)18-6-4-5-16(2)13-18/h4-10,13H,11-12,14H2,1-3H3,(H,22,26). The molecule has 0 saturated heterocycles. The van der Waals surface area contributed by atoms with Gasteiger partial charge in [-0.05, 0) is 50.6 Å². The second-order valence-electron chi connectivity index (χ2n) is 6.50. The smallest absolute Gasteiger partial charge is 0.230 e. The molecule has 1 heterocycles. The van der Waals surface area contributed by atoms with Gasteiger partial charge in [-0.1, -0.05) is 41.6 Å². The molecule has 0 atom stereocenters. The first-order valence-electron chi connectivity index (χ1n) is 9.11. The highest BCUT2D eigenvalue weighted by Gasteiger charge is 2.13. The molecule has 28 heavy (non-hydrogen) atoms. The van der Waals surface area contributed by atoms with E-state index in [1.54, 1.807) is 11.8 Å². The van der Waals surface area contributed by atoms with Crippen LogP contribution in [0.5, 0.6) is 0 Å². The van der Waals surface area contributed by atoms with E-state index in [2.05, 4.69) is 65.8 Å². The Morgan fingerprint density at radius 2 is 1.79 bits per heavy atom. The van der Waals surface area contributed by atoms with Gasteiger partial charge >= 0.3 is 0 Å². The molecule has 3 aromatic rings. The summed E-state index contributed by atoms with van der Waals surface area (Å²) >= 11 is 3.15. The van der Waals surface area contributed by atoms with Crippen molar-refractivity contribution in [1.82, 2.24) is 20.1 Å². The molecule has 1 N–H and O–H groups in total. The number of carbonyl (C=O) groups excluding carboxylic acids is 1. The zero-order chi connectivity index (χ0) is 19.9. The number of thioether (sulfide) groups is 2. The van der Waals surface area contributed by atoms with Gasteiger partial charge in [0, 0.05) is 22.9 Å². The van der Waals surface area contributed by atoms with E-state index in [-0.39, 0.29) is 5.91 Å². The topological polar surface area (TPSA) is 59.8 Å². The third kappa shape index (κ3) is 5.62. The molecule has 1 aromatic heterocycles. The van der Waals surface area contributed by atoms with Crippen molar-refractivity contribution in [3.63, 3.8) is 0 Å². The highest BCUT2D eigenvalue weighted by molar-refractivity contribution is 7.99. The second-order valence-corrected chi connectivity index (χ2v) is 8.62. The van der Waals surface area contributed by atoms with Crippen molar-refractivity contribution >= 4 is 29.4 Å². The lowest BCUT2D eigenvalue weighted by Gasteiger charge is -2.09. The number of rotatable bonds is 8. The number of nitrogens with zero attached hydrogens (tertiary/aromatic N) is 3. The Labute approximate surface area is 174 Å². The Balaban J connectivity index is 1.48. The summed E-state index contributed by atoms with van der Waals surface area (Å²) in [7, 11) is 0. The van der Waals surface area contributed by atoms with E-state index in [4.69, 9.17) is 0 Å². The number of carbonyl (C=O) groups is 1. The van der Waals surface area contributed by atoms with Crippen LogP contribution < -0.4 is 5.32 Å². The number of aryl methyl sites for hydroxylation is 3. The van der Waals surface area contributed by atoms with Crippen LogP contribution in [0.1, 0.15) is 17.0 Å². The molecule has 1 amide bonds. The zero-order valence-corrected chi connectivity index (χ0v) is 17.9. The summed E-state index contributed by atoms with van der Waals surface area (Å²) < 4.78 is 1.98. The van der Waals surface area contributed by atoms with Gasteiger partial charge in [0.2, 0.25) is 5.91 Å². The van der Waals surface area contributed by atoms with Gasteiger partial charge in [-0.15, -0.1) is 22.0 Å². The number of hydrogen-bond acceptors (Lipinski definition) is 5. The van der Waals surface area contributed by atoms with Gasteiger partial charge < -0.3 is 5.32 Å². The molecule has 2 aromatic carbocycles. The van der Waals surface area contributed by atoms with Crippen molar-refractivity contribution in [3.8, 4) is 5.69 Å². The second kappa shape index (κ2) is 9.80. The van der Waals surface area contributed by atoms with E-state index < -0.39 is 0 Å². The molecule has 0 fully saturated rings. The Morgan fingerprint density at radius 3 is 2.54 bits per heavy atom. The van der Waals surface area contributed by atoms with Gasteiger partial charge in [-0.2, -0.15) is 0 Å². The van der Waals surface area contributed by atoms with Gasteiger partial charge in [0.25, 0.3) is 0 Å². The summed E-state index contributed by atoms with van der Waals surface area (Å²) in [6.07, 6.45) is 0. The molecular weight excluding hydrogens is 388 g/mol. The van der Waals surface area contributed by atoms with Crippen LogP contribution in [-0.2, 0) is 4.79 Å². The maximum absolute atomic E-state index is 12.2. The Bertz CT molecular complexity index is 938. The Morgan fingerprint density at radius 1 is 1.00 bits per heavy atom. The summed E-state index contributed by atoms with van der Waals surface area (Å²) in [5, 5.41) is 12.1. The summed E-state index contributed by atoms with van der Waals surface area (Å²) in [6, 6.07) is 16.6. The van der Waals surface area contributed by atoms with Crippen molar-refractivity contribution in [2.75, 3.05) is 18.1 Å². The molecule has 0 saturated carbocycles. The molecule has 5 nitrogen and oxygen atoms in total. The van der Waals surface area contributed by atoms with Crippen LogP contribution in [0.25, 0.3) is 5.69 Å². The van der Waals surface area contributed by atoms with Crippen LogP contribution in [0, 0.1) is 20.8 Å². The van der Waals surface area contributed by atoms with E-state index in [0.29, 0.717) is 12.3 Å². The highest BCUT2D eigenvalue weighted by Crippen LogP contribution is 2.22. The van der Waals surface area contributed by atoms with Gasteiger partial charge in [0.1, 0.15) is 5.82 Å². The maximum atomic E-state index is 12.2. The van der Waals surface area contributed by atoms with Gasteiger partial charge in [0.15, 0.2) is 5.16 Å². The molecule has 0 radical (unpaired) electrons. The van der Waals surface area contributed by atoms with E-state index in [1.807, 2.05) is 23.6 Å². The summed E-state index contributed by atoms with van der Waals surface area (Å²) in [5.41, 5.74) is 3.44. The average Bonchev–Trinajstić information content (AvgIpc) is 3.05. The van der Waals surface area contributed by atoms with Crippen molar-refractivity contribution < 1.29 is 4.79 Å². The lowest BCUT2D eigenvalue weighted by Crippen LogP contribution is -2.27. The number of amides is 1. The molecule has 0 spiro atoms. The Kier molecular flexibility index (Phi) is 7.17. The maximum Gasteiger partial charge on any atom is 0.230 e. The number of nitrogens with one attached hydrogen (secondary N) is 1. The van der Waals surface area contributed by atoms with Gasteiger partial charge in [-0.3, -0.25) is 9.36 Å². The van der Waals surface area contributed by atoms with E-state index in [0.717, 1.165) is 22.4 Å². The first-order valence-corrected chi connectivity index (χ1v) is 11.1.